The lowest BCUT2D eigenvalue weighted by Gasteiger charge is -2.30. The molecule has 2 unspecified atom stereocenters. The zero-order chi connectivity index (χ0) is 8.01. The second-order valence-corrected chi connectivity index (χ2v) is 4.40. The van der Waals surface area contributed by atoms with Gasteiger partial charge in [0.05, 0.1) is 0 Å². The van der Waals surface area contributed by atoms with Crippen LogP contribution in [0.4, 0.5) is 0 Å². The van der Waals surface area contributed by atoms with E-state index in [9.17, 15) is 0 Å². The first-order chi connectivity index (χ1) is 5.24. The molecule has 1 heterocycles. The van der Waals surface area contributed by atoms with Gasteiger partial charge in [0.1, 0.15) is 0 Å². The molecule has 0 N–H and O–H groups in total. The van der Waals surface area contributed by atoms with Crippen LogP contribution in [0.2, 0.25) is 0 Å². The Labute approximate surface area is 69.8 Å². The third-order valence-corrected chi connectivity index (χ3v) is 3.33. The molecule has 1 aliphatic carbocycles. The number of rotatable bonds is 2. The number of hydrogen-bond donors (Lipinski definition) is 0. The summed E-state index contributed by atoms with van der Waals surface area (Å²) in [6, 6.07) is 2.68. The summed E-state index contributed by atoms with van der Waals surface area (Å²) in [7, 11) is 0. The van der Waals surface area contributed by atoms with Gasteiger partial charge in [-0.2, -0.15) is 0 Å². The maximum absolute atomic E-state index is 2.74. The van der Waals surface area contributed by atoms with Crippen LogP contribution in [0.5, 0.6) is 0 Å². The zero-order valence-electron chi connectivity index (χ0n) is 7.88. The summed E-state index contributed by atoms with van der Waals surface area (Å²) in [5.74, 6) is 1.09. The van der Waals surface area contributed by atoms with Gasteiger partial charge in [0.2, 0.25) is 0 Å². The van der Waals surface area contributed by atoms with E-state index in [0.717, 1.165) is 24.0 Å². The molecule has 0 aromatic rings. The van der Waals surface area contributed by atoms with E-state index >= 15 is 0 Å². The third kappa shape index (κ3) is 1.10. The number of hydrogen-bond acceptors (Lipinski definition) is 1. The highest BCUT2D eigenvalue weighted by atomic mass is 15.3. The minimum atomic E-state index is 0.775. The molecule has 0 radical (unpaired) electrons. The molecule has 11 heavy (non-hydrogen) atoms. The Balaban J connectivity index is 2.03. The molecule has 64 valence electrons. The molecule has 1 heteroatoms. The summed E-state index contributed by atoms with van der Waals surface area (Å²) < 4.78 is 0. The minimum Gasteiger partial charge on any atom is -0.295 e. The summed E-state index contributed by atoms with van der Waals surface area (Å²) in [6.07, 6.45) is 4.33. The molecule has 2 rings (SSSR count). The molecule has 0 spiro atoms. The summed E-state index contributed by atoms with van der Waals surface area (Å²) >= 11 is 0. The molecule has 3 atom stereocenters. The van der Waals surface area contributed by atoms with Crippen LogP contribution in [0.1, 0.15) is 40.0 Å². The van der Waals surface area contributed by atoms with E-state index < -0.39 is 0 Å². The maximum atomic E-state index is 2.74. The van der Waals surface area contributed by atoms with Gasteiger partial charge in [-0.3, -0.25) is 4.90 Å². The van der Waals surface area contributed by atoms with Crippen LogP contribution in [0.25, 0.3) is 0 Å². The first-order valence-electron chi connectivity index (χ1n) is 5.01. The fourth-order valence-electron chi connectivity index (χ4n) is 2.77. The smallest absolute Gasteiger partial charge is 0.0133 e. The molecule has 1 saturated heterocycles. The van der Waals surface area contributed by atoms with E-state index in [1.165, 1.54) is 19.3 Å². The standard InChI is InChI=1S/C10H19N/c1-4-9-5-8-6-10(8)11(9)7(2)3/h7-10H,4-6H2,1-3H3/t8?,9-,10?/m1/s1. The van der Waals surface area contributed by atoms with E-state index in [1.54, 1.807) is 0 Å². The van der Waals surface area contributed by atoms with Crippen molar-refractivity contribution in [3.05, 3.63) is 0 Å². The van der Waals surface area contributed by atoms with Crippen LogP contribution in [0, 0.1) is 5.92 Å². The number of likely N-dealkylation sites (tertiary alicyclic amines) is 1. The largest absolute Gasteiger partial charge is 0.295 e. The molecule has 0 aromatic carbocycles. The fourth-order valence-corrected chi connectivity index (χ4v) is 2.77. The van der Waals surface area contributed by atoms with Crippen molar-refractivity contribution in [2.75, 3.05) is 0 Å². The maximum Gasteiger partial charge on any atom is 0.0133 e. The van der Waals surface area contributed by atoms with Gasteiger partial charge in [-0.05, 0) is 39.0 Å². The Morgan fingerprint density at radius 1 is 1.36 bits per heavy atom. The SMILES string of the molecule is CC[C@@H]1CC2CC2N1C(C)C. The molecular formula is C10H19N. The van der Waals surface area contributed by atoms with Crippen molar-refractivity contribution in [1.82, 2.24) is 4.90 Å². The van der Waals surface area contributed by atoms with E-state index in [4.69, 9.17) is 0 Å². The molecule has 1 aliphatic heterocycles. The molecule has 0 bridgehead atoms. The van der Waals surface area contributed by atoms with Crippen molar-refractivity contribution in [2.45, 2.75) is 58.2 Å². The highest BCUT2D eigenvalue weighted by Gasteiger charge is 2.51. The Hall–Kier alpha value is -0.0400. The molecule has 0 amide bonds. The first kappa shape index (κ1) is 7.60. The Bertz CT molecular complexity index is 153. The van der Waals surface area contributed by atoms with Crippen LogP contribution in [-0.2, 0) is 0 Å². The fraction of sp³-hybridized carbons (Fsp3) is 1.00. The number of piperidine rings is 1. The van der Waals surface area contributed by atoms with E-state index in [2.05, 4.69) is 25.7 Å². The van der Waals surface area contributed by atoms with Gasteiger partial charge in [-0.15, -0.1) is 0 Å². The minimum absolute atomic E-state index is 0.775. The van der Waals surface area contributed by atoms with Crippen molar-refractivity contribution in [2.24, 2.45) is 5.92 Å². The topological polar surface area (TPSA) is 3.24 Å². The predicted octanol–water partition coefficient (Wildman–Crippen LogP) is 2.27. The Morgan fingerprint density at radius 2 is 2.09 bits per heavy atom. The normalized spacial score (nSPS) is 43.1. The van der Waals surface area contributed by atoms with Crippen LogP contribution in [-0.4, -0.2) is 23.0 Å². The Kier molecular flexibility index (Phi) is 1.71. The third-order valence-electron chi connectivity index (χ3n) is 3.33. The predicted molar refractivity (Wildman–Crippen MR) is 47.6 cm³/mol. The summed E-state index contributed by atoms with van der Waals surface area (Å²) in [5, 5.41) is 0. The van der Waals surface area contributed by atoms with Crippen LogP contribution >= 0.6 is 0 Å². The van der Waals surface area contributed by atoms with Gasteiger partial charge >= 0.3 is 0 Å². The average molecular weight is 153 g/mol. The van der Waals surface area contributed by atoms with Crippen molar-refractivity contribution in [3.63, 3.8) is 0 Å². The quantitative estimate of drug-likeness (QED) is 0.588. The summed E-state index contributed by atoms with van der Waals surface area (Å²) in [6.45, 7) is 7.00. The van der Waals surface area contributed by atoms with Crippen molar-refractivity contribution in [1.29, 1.82) is 0 Å². The van der Waals surface area contributed by atoms with Crippen LogP contribution in [0.3, 0.4) is 0 Å². The average Bonchev–Trinajstić information content (AvgIpc) is 2.61. The number of fused-ring (bicyclic) bond motifs is 1. The van der Waals surface area contributed by atoms with Gasteiger partial charge in [0.25, 0.3) is 0 Å². The van der Waals surface area contributed by atoms with E-state index in [-0.39, 0.29) is 0 Å². The van der Waals surface area contributed by atoms with Gasteiger partial charge in [-0.25, -0.2) is 0 Å². The number of nitrogens with zero attached hydrogens (tertiary/aromatic N) is 1. The molecule has 2 fully saturated rings. The van der Waals surface area contributed by atoms with Crippen molar-refractivity contribution >= 4 is 0 Å². The van der Waals surface area contributed by atoms with E-state index in [0.29, 0.717) is 0 Å². The molecule has 2 aliphatic rings. The lowest BCUT2D eigenvalue weighted by molar-refractivity contribution is 0.167. The van der Waals surface area contributed by atoms with Gasteiger partial charge in [-0.1, -0.05) is 6.92 Å². The van der Waals surface area contributed by atoms with Gasteiger partial charge in [0.15, 0.2) is 0 Å². The molecular weight excluding hydrogens is 134 g/mol. The monoisotopic (exact) mass is 153 g/mol. The molecule has 1 nitrogen and oxygen atoms in total. The van der Waals surface area contributed by atoms with Crippen LogP contribution in [0.15, 0.2) is 0 Å². The second-order valence-electron chi connectivity index (χ2n) is 4.40. The van der Waals surface area contributed by atoms with Crippen LogP contribution < -0.4 is 0 Å². The summed E-state index contributed by atoms with van der Waals surface area (Å²) in [5.41, 5.74) is 0. The van der Waals surface area contributed by atoms with Crippen molar-refractivity contribution < 1.29 is 0 Å². The van der Waals surface area contributed by atoms with Gasteiger partial charge in [0, 0.05) is 18.1 Å². The lowest BCUT2D eigenvalue weighted by atomic mass is 10.1. The van der Waals surface area contributed by atoms with E-state index in [1.807, 2.05) is 0 Å². The second kappa shape index (κ2) is 2.48. The van der Waals surface area contributed by atoms with Crippen molar-refractivity contribution in [3.8, 4) is 0 Å². The first-order valence-corrected chi connectivity index (χ1v) is 5.01. The highest BCUT2D eigenvalue weighted by Crippen LogP contribution is 2.49. The molecule has 1 saturated carbocycles. The molecule has 0 aromatic heterocycles. The Morgan fingerprint density at radius 3 is 2.55 bits per heavy atom. The lowest BCUT2D eigenvalue weighted by Crippen LogP contribution is -2.38. The summed E-state index contributed by atoms with van der Waals surface area (Å²) in [4.78, 5) is 2.74. The zero-order valence-corrected chi connectivity index (χ0v) is 7.88. The highest BCUT2D eigenvalue weighted by molar-refractivity contribution is 5.06. The van der Waals surface area contributed by atoms with Gasteiger partial charge < -0.3 is 0 Å².